The van der Waals surface area contributed by atoms with Crippen molar-refractivity contribution in [3.05, 3.63) is 23.3 Å². The molecule has 0 saturated carbocycles. The molecule has 0 amide bonds. The lowest BCUT2D eigenvalue weighted by Gasteiger charge is -2.05. The third-order valence-corrected chi connectivity index (χ3v) is 2.89. The largest absolute Gasteiger partial charge is 0.506 e. The SMILES string of the molecule is Cc1cc(C=O)c(O)c(S(C)(=O)=O)c1. The Bertz CT molecular complexity index is 474. The van der Waals surface area contributed by atoms with E-state index in [4.69, 9.17) is 0 Å². The van der Waals surface area contributed by atoms with Gasteiger partial charge in [-0.25, -0.2) is 8.42 Å². The molecule has 0 aliphatic carbocycles. The van der Waals surface area contributed by atoms with E-state index in [1.807, 2.05) is 0 Å². The second kappa shape index (κ2) is 3.42. The first-order valence-corrected chi connectivity index (χ1v) is 5.74. The third kappa shape index (κ3) is 1.93. The highest BCUT2D eigenvalue weighted by atomic mass is 32.2. The molecule has 1 aromatic rings. The number of benzene rings is 1. The molecule has 0 bridgehead atoms. The maximum atomic E-state index is 11.2. The van der Waals surface area contributed by atoms with Gasteiger partial charge in [0.25, 0.3) is 0 Å². The van der Waals surface area contributed by atoms with E-state index >= 15 is 0 Å². The van der Waals surface area contributed by atoms with Crippen LogP contribution in [0.25, 0.3) is 0 Å². The van der Waals surface area contributed by atoms with E-state index < -0.39 is 15.6 Å². The molecule has 0 atom stereocenters. The summed E-state index contributed by atoms with van der Waals surface area (Å²) in [5.41, 5.74) is 0.607. The van der Waals surface area contributed by atoms with Crippen molar-refractivity contribution in [2.24, 2.45) is 0 Å². The van der Waals surface area contributed by atoms with Crippen LogP contribution in [0.3, 0.4) is 0 Å². The van der Waals surface area contributed by atoms with Crippen LogP contribution in [0.1, 0.15) is 15.9 Å². The number of hydrogen-bond donors (Lipinski definition) is 1. The lowest BCUT2D eigenvalue weighted by Crippen LogP contribution is -2.00. The Morgan fingerprint density at radius 2 is 1.93 bits per heavy atom. The number of carbonyl (C=O) groups excluding carboxylic acids is 1. The minimum atomic E-state index is -3.50. The monoisotopic (exact) mass is 214 g/mol. The quantitative estimate of drug-likeness (QED) is 0.743. The van der Waals surface area contributed by atoms with Gasteiger partial charge in [-0.05, 0) is 24.6 Å². The van der Waals surface area contributed by atoms with Crippen LogP contribution in [-0.4, -0.2) is 26.1 Å². The van der Waals surface area contributed by atoms with Crippen molar-refractivity contribution in [3.63, 3.8) is 0 Å². The van der Waals surface area contributed by atoms with Gasteiger partial charge in [0, 0.05) is 6.26 Å². The second-order valence-electron chi connectivity index (χ2n) is 3.09. The second-order valence-corrected chi connectivity index (χ2v) is 5.08. The van der Waals surface area contributed by atoms with Gasteiger partial charge in [0.05, 0.1) is 5.56 Å². The van der Waals surface area contributed by atoms with Crippen LogP contribution in [-0.2, 0) is 9.84 Å². The van der Waals surface area contributed by atoms with Crippen LogP contribution in [0.2, 0.25) is 0 Å². The molecule has 0 fully saturated rings. The molecular formula is C9H10O4S. The Kier molecular flexibility index (Phi) is 2.62. The maximum Gasteiger partial charge on any atom is 0.179 e. The first-order chi connectivity index (χ1) is 6.36. The minimum Gasteiger partial charge on any atom is -0.506 e. The van der Waals surface area contributed by atoms with Crippen molar-refractivity contribution in [1.29, 1.82) is 0 Å². The van der Waals surface area contributed by atoms with Crippen molar-refractivity contribution in [2.75, 3.05) is 6.26 Å². The van der Waals surface area contributed by atoms with Gasteiger partial charge in [-0.15, -0.1) is 0 Å². The number of aldehydes is 1. The Labute approximate surface area is 82.1 Å². The molecule has 0 radical (unpaired) electrons. The normalized spacial score (nSPS) is 11.3. The molecule has 1 N–H and O–H groups in total. The molecule has 0 aromatic heterocycles. The van der Waals surface area contributed by atoms with Gasteiger partial charge in [-0.2, -0.15) is 0 Å². The molecule has 0 aliphatic heterocycles. The summed E-state index contributed by atoms with van der Waals surface area (Å²) in [6.07, 6.45) is 1.41. The zero-order chi connectivity index (χ0) is 10.9. The van der Waals surface area contributed by atoms with Crippen LogP contribution < -0.4 is 0 Å². The number of aryl methyl sites for hydroxylation is 1. The zero-order valence-corrected chi connectivity index (χ0v) is 8.63. The molecule has 14 heavy (non-hydrogen) atoms. The number of hydrogen-bond acceptors (Lipinski definition) is 4. The lowest BCUT2D eigenvalue weighted by atomic mass is 10.1. The standard InChI is InChI=1S/C9H10O4S/c1-6-3-7(5-10)9(11)8(4-6)14(2,12)13/h3-5,11H,1-2H3. The predicted molar refractivity (Wildman–Crippen MR) is 51.3 cm³/mol. The fourth-order valence-corrected chi connectivity index (χ4v) is 2.01. The average molecular weight is 214 g/mol. The van der Waals surface area contributed by atoms with Crippen molar-refractivity contribution < 1.29 is 18.3 Å². The molecule has 76 valence electrons. The molecule has 1 aromatic carbocycles. The first kappa shape index (κ1) is 10.7. The van der Waals surface area contributed by atoms with Crippen LogP contribution >= 0.6 is 0 Å². The fourth-order valence-electron chi connectivity index (χ4n) is 1.15. The number of phenolic OH excluding ortho intramolecular Hbond substituents is 1. The summed E-state index contributed by atoms with van der Waals surface area (Å²) in [7, 11) is -3.50. The predicted octanol–water partition coefficient (Wildman–Crippen LogP) is 0.917. The summed E-state index contributed by atoms with van der Waals surface area (Å²) in [6.45, 7) is 1.65. The van der Waals surface area contributed by atoms with Gasteiger partial charge in [0.2, 0.25) is 0 Å². The van der Waals surface area contributed by atoms with Crippen molar-refractivity contribution >= 4 is 16.1 Å². The van der Waals surface area contributed by atoms with Crippen molar-refractivity contribution in [3.8, 4) is 5.75 Å². The number of sulfone groups is 1. The molecule has 0 spiro atoms. The van der Waals surface area contributed by atoms with Crippen molar-refractivity contribution in [2.45, 2.75) is 11.8 Å². The summed E-state index contributed by atoms with van der Waals surface area (Å²) in [5, 5.41) is 9.44. The summed E-state index contributed by atoms with van der Waals surface area (Å²) < 4.78 is 22.4. The van der Waals surface area contributed by atoms with E-state index in [1.54, 1.807) is 6.92 Å². The summed E-state index contributed by atoms with van der Waals surface area (Å²) in [6, 6.07) is 2.76. The Hall–Kier alpha value is -1.36. The van der Waals surface area contributed by atoms with Crippen LogP contribution in [0.4, 0.5) is 0 Å². The van der Waals surface area contributed by atoms with E-state index in [0.717, 1.165) is 6.26 Å². The Morgan fingerprint density at radius 3 is 2.36 bits per heavy atom. The van der Waals surface area contributed by atoms with Crippen LogP contribution in [0, 0.1) is 6.92 Å². The van der Waals surface area contributed by atoms with Gasteiger partial charge >= 0.3 is 0 Å². The highest BCUT2D eigenvalue weighted by Crippen LogP contribution is 2.27. The van der Waals surface area contributed by atoms with Gasteiger partial charge in [0.15, 0.2) is 16.1 Å². The Balaban J connectivity index is 3.61. The maximum absolute atomic E-state index is 11.2. The molecule has 5 heteroatoms. The highest BCUT2D eigenvalue weighted by Gasteiger charge is 2.16. The molecular weight excluding hydrogens is 204 g/mol. The van der Waals surface area contributed by atoms with Crippen molar-refractivity contribution in [1.82, 2.24) is 0 Å². The average Bonchev–Trinajstić information content (AvgIpc) is 2.06. The van der Waals surface area contributed by atoms with Gasteiger partial charge in [-0.1, -0.05) is 0 Å². The molecule has 0 saturated heterocycles. The van der Waals surface area contributed by atoms with E-state index in [2.05, 4.69) is 0 Å². The lowest BCUT2D eigenvalue weighted by molar-refractivity contribution is 0.112. The molecule has 0 heterocycles. The van der Waals surface area contributed by atoms with Gasteiger partial charge in [0.1, 0.15) is 10.6 Å². The molecule has 0 aliphatic rings. The number of carbonyl (C=O) groups is 1. The smallest absolute Gasteiger partial charge is 0.179 e. The minimum absolute atomic E-state index is 0.00887. The highest BCUT2D eigenvalue weighted by molar-refractivity contribution is 7.90. The number of rotatable bonds is 2. The van der Waals surface area contributed by atoms with E-state index in [-0.39, 0.29) is 10.5 Å². The van der Waals surface area contributed by atoms with Gasteiger partial charge in [-0.3, -0.25) is 4.79 Å². The Morgan fingerprint density at radius 1 is 1.36 bits per heavy atom. The van der Waals surface area contributed by atoms with E-state index in [1.165, 1.54) is 12.1 Å². The molecule has 1 rings (SSSR count). The third-order valence-electron chi connectivity index (χ3n) is 1.78. The summed E-state index contributed by atoms with van der Waals surface area (Å²) >= 11 is 0. The summed E-state index contributed by atoms with van der Waals surface area (Å²) in [4.78, 5) is 10.3. The van der Waals surface area contributed by atoms with E-state index in [9.17, 15) is 18.3 Å². The van der Waals surface area contributed by atoms with Crippen LogP contribution in [0.15, 0.2) is 17.0 Å². The molecule has 4 nitrogen and oxygen atoms in total. The van der Waals surface area contributed by atoms with Gasteiger partial charge < -0.3 is 5.11 Å². The summed E-state index contributed by atoms with van der Waals surface area (Å²) in [5.74, 6) is -0.479. The topological polar surface area (TPSA) is 71.4 Å². The fraction of sp³-hybridized carbons (Fsp3) is 0.222. The number of phenols is 1. The number of aromatic hydroxyl groups is 1. The van der Waals surface area contributed by atoms with E-state index in [0.29, 0.717) is 11.8 Å². The first-order valence-electron chi connectivity index (χ1n) is 3.85. The zero-order valence-electron chi connectivity index (χ0n) is 7.81. The molecule has 0 unspecified atom stereocenters. The van der Waals surface area contributed by atoms with Crippen LogP contribution in [0.5, 0.6) is 5.75 Å².